The Balaban J connectivity index is 2.08. The first kappa shape index (κ1) is 21.9. The standard InChI is InChI=1S/C21H27N3O3S/c1-13-11-14(2)23-20(22-13)28-12-16-9-7-8-10-17(16)19(26)27-15(3)18(25)24-21(4,5)6/h7-11,15H,12H2,1-6H3,(H,24,25)/t15-/m0/s1. The molecular weight excluding hydrogens is 374 g/mol. The predicted octanol–water partition coefficient (Wildman–Crippen LogP) is 3.85. The van der Waals surface area contributed by atoms with E-state index in [9.17, 15) is 9.59 Å². The molecule has 1 aromatic heterocycles. The zero-order valence-corrected chi connectivity index (χ0v) is 18.0. The predicted molar refractivity (Wildman–Crippen MR) is 110 cm³/mol. The summed E-state index contributed by atoms with van der Waals surface area (Å²) in [5.74, 6) is -0.318. The molecule has 0 radical (unpaired) electrons. The number of hydrogen-bond donors (Lipinski definition) is 1. The van der Waals surface area contributed by atoms with Crippen LogP contribution >= 0.6 is 11.8 Å². The number of esters is 1. The first-order valence-corrected chi connectivity index (χ1v) is 10.1. The largest absolute Gasteiger partial charge is 0.449 e. The van der Waals surface area contributed by atoms with E-state index in [1.54, 1.807) is 19.1 Å². The molecule has 1 amide bonds. The molecule has 0 unspecified atom stereocenters. The number of amides is 1. The highest BCUT2D eigenvalue weighted by atomic mass is 32.2. The van der Waals surface area contributed by atoms with E-state index in [-0.39, 0.29) is 5.91 Å². The highest BCUT2D eigenvalue weighted by Gasteiger charge is 2.24. The van der Waals surface area contributed by atoms with Gasteiger partial charge in [-0.05, 0) is 59.2 Å². The van der Waals surface area contributed by atoms with Crippen molar-refractivity contribution in [2.75, 3.05) is 0 Å². The molecule has 2 aromatic rings. The third kappa shape index (κ3) is 6.64. The van der Waals surface area contributed by atoms with Gasteiger partial charge in [0.15, 0.2) is 11.3 Å². The minimum absolute atomic E-state index is 0.323. The fraction of sp³-hybridized carbons (Fsp3) is 0.429. The van der Waals surface area contributed by atoms with E-state index < -0.39 is 17.6 Å². The lowest BCUT2D eigenvalue weighted by Crippen LogP contribution is -2.46. The molecule has 0 aliphatic carbocycles. The van der Waals surface area contributed by atoms with Gasteiger partial charge >= 0.3 is 5.97 Å². The van der Waals surface area contributed by atoms with Crippen molar-refractivity contribution in [3.63, 3.8) is 0 Å². The minimum atomic E-state index is -0.879. The number of carbonyl (C=O) groups is 2. The van der Waals surface area contributed by atoms with Crippen LogP contribution < -0.4 is 5.32 Å². The highest BCUT2D eigenvalue weighted by molar-refractivity contribution is 7.98. The summed E-state index contributed by atoms with van der Waals surface area (Å²) < 4.78 is 5.38. The van der Waals surface area contributed by atoms with Crippen LogP contribution in [-0.4, -0.2) is 33.5 Å². The first-order chi connectivity index (χ1) is 13.0. The van der Waals surface area contributed by atoms with Gasteiger partial charge in [-0.15, -0.1) is 0 Å². The van der Waals surface area contributed by atoms with E-state index in [0.717, 1.165) is 17.0 Å². The van der Waals surface area contributed by atoms with Crippen molar-refractivity contribution in [2.45, 2.75) is 64.1 Å². The summed E-state index contributed by atoms with van der Waals surface area (Å²) in [4.78, 5) is 33.6. The maximum absolute atomic E-state index is 12.6. The van der Waals surface area contributed by atoms with E-state index in [1.165, 1.54) is 11.8 Å². The molecule has 6 nitrogen and oxygen atoms in total. The Labute approximate surface area is 170 Å². The Hall–Kier alpha value is -2.41. The van der Waals surface area contributed by atoms with Gasteiger partial charge in [-0.25, -0.2) is 14.8 Å². The van der Waals surface area contributed by atoms with Gasteiger partial charge in [-0.2, -0.15) is 0 Å². The fourth-order valence-corrected chi connectivity index (χ4v) is 3.45. The van der Waals surface area contributed by atoms with Crippen molar-refractivity contribution in [3.05, 3.63) is 52.8 Å². The smallest absolute Gasteiger partial charge is 0.339 e. The maximum atomic E-state index is 12.6. The molecule has 0 fully saturated rings. The van der Waals surface area contributed by atoms with Crippen molar-refractivity contribution in [3.8, 4) is 0 Å². The van der Waals surface area contributed by atoms with Gasteiger partial charge in [0.1, 0.15) is 0 Å². The second-order valence-corrected chi connectivity index (χ2v) is 8.61. The van der Waals surface area contributed by atoms with Crippen LogP contribution in [0.2, 0.25) is 0 Å². The normalized spacial score (nSPS) is 12.4. The quantitative estimate of drug-likeness (QED) is 0.450. The number of nitrogens with zero attached hydrogens (tertiary/aromatic N) is 2. The summed E-state index contributed by atoms with van der Waals surface area (Å²) in [6.07, 6.45) is -0.879. The number of aromatic nitrogens is 2. The second kappa shape index (κ2) is 9.19. The van der Waals surface area contributed by atoms with Crippen molar-refractivity contribution >= 4 is 23.6 Å². The lowest BCUT2D eigenvalue weighted by molar-refractivity contribution is -0.130. The summed E-state index contributed by atoms with van der Waals surface area (Å²) in [5, 5.41) is 3.48. The summed E-state index contributed by atoms with van der Waals surface area (Å²) in [6, 6.07) is 9.13. The van der Waals surface area contributed by atoms with Gasteiger partial charge in [0, 0.05) is 22.7 Å². The van der Waals surface area contributed by atoms with Crippen molar-refractivity contribution in [2.24, 2.45) is 0 Å². The summed E-state index contributed by atoms with van der Waals surface area (Å²) in [6.45, 7) is 11.0. The van der Waals surface area contributed by atoms with Crippen molar-refractivity contribution < 1.29 is 14.3 Å². The number of aryl methyl sites for hydroxylation is 2. The molecule has 0 spiro atoms. The molecule has 1 heterocycles. The van der Waals surface area contributed by atoms with E-state index in [2.05, 4.69) is 15.3 Å². The maximum Gasteiger partial charge on any atom is 0.339 e. The van der Waals surface area contributed by atoms with Crippen LogP contribution in [0.15, 0.2) is 35.5 Å². The summed E-state index contributed by atoms with van der Waals surface area (Å²) in [5.41, 5.74) is 2.67. The van der Waals surface area contributed by atoms with Crippen LogP contribution in [0, 0.1) is 13.8 Å². The van der Waals surface area contributed by atoms with Gasteiger partial charge < -0.3 is 10.1 Å². The Bertz CT molecular complexity index is 842. The molecule has 1 N–H and O–H groups in total. The number of thioether (sulfide) groups is 1. The number of carbonyl (C=O) groups excluding carboxylic acids is 2. The van der Waals surface area contributed by atoms with E-state index in [4.69, 9.17) is 4.74 Å². The zero-order valence-electron chi connectivity index (χ0n) is 17.2. The molecule has 0 saturated carbocycles. The molecule has 1 atom stereocenters. The van der Waals surface area contributed by atoms with E-state index in [0.29, 0.717) is 16.5 Å². The molecule has 7 heteroatoms. The van der Waals surface area contributed by atoms with Crippen LogP contribution in [0.3, 0.4) is 0 Å². The average molecular weight is 402 g/mol. The van der Waals surface area contributed by atoms with Gasteiger partial charge in [-0.1, -0.05) is 30.0 Å². The first-order valence-electron chi connectivity index (χ1n) is 9.11. The zero-order chi connectivity index (χ0) is 20.9. The lowest BCUT2D eigenvalue weighted by Gasteiger charge is -2.23. The Kier molecular flexibility index (Phi) is 7.18. The topological polar surface area (TPSA) is 81.2 Å². The fourth-order valence-electron chi connectivity index (χ4n) is 2.49. The number of rotatable bonds is 6. The Morgan fingerprint density at radius 1 is 1.14 bits per heavy atom. The van der Waals surface area contributed by atoms with Crippen LogP contribution in [0.1, 0.15) is 55.0 Å². The van der Waals surface area contributed by atoms with Crippen molar-refractivity contribution in [1.82, 2.24) is 15.3 Å². The average Bonchev–Trinajstić information content (AvgIpc) is 2.57. The SMILES string of the molecule is Cc1cc(C)nc(SCc2ccccc2C(=O)O[C@@H](C)C(=O)NC(C)(C)C)n1. The van der Waals surface area contributed by atoms with Crippen LogP contribution in [0.5, 0.6) is 0 Å². The molecule has 150 valence electrons. The Morgan fingerprint density at radius 3 is 2.36 bits per heavy atom. The molecule has 2 rings (SSSR count). The van der Waals surface area contributed by atoms with Crippen LogP contribution in [-0.2, 0) is 15.3 Å². The van der Waals surface area contributed by atoms with Crippen molar-refractivity contribution in [1.29, 1.82) is 0 Å². The second-order valence-electron chi connectivity index (χ2n) is 7.67. The lowest BCUT2D eigenvalue weighted by atomic mass is 10.1. The Morgan fingerprint density at radius 2 is 1.75 bits per heavy atom. The highest BCUT2D eigenvalue weighted by Crippen LogP contribution is 2.23. The third-order valence-electron chi connectivity index (χ3n) is 3.71. The molecular formula is C21H27N3O3S. The number of benzene rings is 1. The number of ether oxygens (including phenoxy) is 1. The van der Waals surface area contributed by atoms with Gasteiger partial charge in [0.2, 0.25) is 0 Å². The summed E-state index contributed by atoms with van der Waals surface area (Å²) >= 11 is 1.46. The number of hydrogen-bond acceptors (Lipinski definition) is 6. The molecule has 0 aliphatic heterocycles. The van der Waals surface area contributed by atoms with E-state index >= 15 is 0 Å². The molecule has 0 bridgehead atoms. The van der Waals surface area contributed by atoms with Crippen LogP contribution in [0.4, 0.5) is 0 Å². The van der Waals surface area contributed by atoms with Crippen LogP contribution in [0.25, 0.3) is 0 Å². The molecule has 0 saturated heterocycles. The molecule has 0 aliphatic rings. The number of nitrogens with one attached hydrogen (secondary N) is 1. The minimum Gasteiger partial charge on any atom is -0.449 e. The van der Waals surface area contributed by atoms with Gasteiger partial charge in [-0.3, -0.25) is 4.79 Å². The molecule has 28 heavy (non-hydrogen) atoms. The van der Waals surface area contributed by atoms with Gasteiger partial charge in [0.25, 0.3) is 5.91 Å². The van der Waals surface area contributed by atoms with Gasteiger partial charge in [0.05, 0.1) is 5.56 Å². The summed E-state index contributed by atoms with van der Waals surface area (Å²) in [7, 11) is 0. The van der Waals surface area contributed by atoms with E-state index in [1.807, 2.05) is 52.8 Å². The monoisotopic (exact) mass is 401 g/mol. The molecule has 1 aromatic carbocycles. The third-order valence-corrected chi connectivity index (χ3v) is 4.60.